The Balaban J connectivity index is 2.86. The van der Waals surface area contributed by atoms with E-state index in [4.69, 9.17) is 0 Å². The molecule has 0 N–H and O–H groups in total. The molecule has 0 fully saturated rings. The summed E-state index contributed by atoms with van der Waals surface area (Å²) in [6.07, 6.45) is 3.04. The van der Waals surface area contributed by atoms with Crippen molar-refractivity contribution in [2.45, 2.75) is 45.7 Å². The predicted molar refractivity (Wildman–Crippen MR) is 34.7 cm³/mol. The normalized spacial score (nSPS) is 13.9. The molecular formula is C7H15F. The van der Waals surface area contributed by atoms with Crippen LogP contribution in [0.25, 0.3) is 0 Å². The van der Waals surface area contributed by atoms with Gasteiger partial charge < -0.3 is 0 Å². The van der Waals surface area contributed by atoms with Gasteiger partial charge in [0.15, 0.2) is 0 Å². The molecule has 0 rings (SSSR count). The first-order valence-corrected chi connectivity index (χ1v) is 3.45. The lowest BCUT2D eigenvalue weighted by Crippen LogP contribution is -1.95. The summed E-state index contributed by atoms with van der Waals surface area (Å²) in [5.74, 6) is 0. The van der Waals surface area contributed by atoms with Crippen molar-refractivity contribution in [3.05, 3.63) is 0 Å². The van der Waals surface area contributed by atoms with E-state index in [9.17, 15) is 4.39 Å². The monoisotopic (exact) mass is 118 g/mol. The second kappa shape index (κ2) is 5.07. The fraction of sp³-hybridized carbons (Fsp3) is 1.00. The van der Waals surface area contributed by atoms with Crippen LogP contribution in [0.3, 0.4) is 0 Å². The highest BCUT2D eigenvalue weighted by Crippen LogP contribution is 2.06. The molecule has 0 aromatic rings. The van der Waals surface area contributed by atoms with Gasteiger partial charge in [0.1, 0.15) is 0 Å². The third-order valence-electron chi connectivity index (χ3n) is 1.31. The SMILES string of the molecule is CCCCC(F)CC. The minimum Gasteiger partial charge on any atom is -0.248 e. The lowest BCUT2D eigenvalue weighted by atomic mass is 10.1. The van der Waals surface area contributed by atoms with Crippen LogP contribution in [0.5, 0.6) is 0 Å². The van der Waals surface area contributed by atoms with Crippen molar-refractivity contribution < 1.29 is 4.39 Å². The minimum absolute atomic E-state index is 0.546. The summed E-state index contributed by atoms with van der Waals surface area (Å²) in [6.45, 7) is 3.97. The summed E-state index contributed by atoms with van der Waals surface area (Å²) in [7, 11) is 0. The Kier molecular flexibility index (Phi) is 5.03. The lowest BCUT2D eigenvalue weighted by Gasteiger charge is -2.00. The van der Waals surface area contributed by atoms with Crippen molar-refractivity contribution in [1.82, 2.24) is 0 Å². The summed E-state index contributed by atoms with van der Waals surface area (Å²) in [4.78, 5) is 0. The average molecular weight is 118 g/mol. The molecule has 1 heteroatoms. The molecule has 0 aromatic carbocycles. The minimum atomic E-state index is -0.546. The molecule has 0 bridgehead atoms. The second-order valence-corrected chi connectivity index (χ2v) is 2.15. The van der Waals surface area contributed by atoms with Gasteiger partial charge in [-0.1, -0.05) is 26.7 Å². The van der Waals surface area contributed by atoms with Gasteiger partial charge in [-0.05, 0) is 12.8 Å². The highest BCUT2D eigenvalue weighted by Gasteiger charge is 1.99. The Hall–Kier alpha value is -0.0700. The predicted octanol–water partition coefficient (Wildman–Crippen LogP) is 2.92. The largest absolute Gasteiger partial charge is 0.248 e. The van der Waals surface area contributed by atoms with Crippen LogP contribution < -0.4 is 0 Å². The van der Waals surface area contributed by atoms with Gasteiger partial charge in [0.25, 0.3) is 0 Å². The zero-order valence-electron chi connectivity index (χ0n) is 5.78. The van der Waals surface area contributed by atoms with Crippen LogP contribution in [0.15, 0.2) is 0 Å². The molecule has 0 radical (unpaired) electrons. The van der Waals surface area contributed by atoms with Crippen LogP contribution >= 0.6 is 0 Å². The molecule has 0 aromatic heterocycles. The highest BCUT2D eigenvalue weighted by molar-refractivity contribution is 4.50. The number of alkyl halides is 1. The van der Waals surface area contributed by atoms with E-state index in [0.717, 1.165) is 19.3 Å². The topological polar surface area (TPSA) is 0 Å². The van der Waals surface area contributed by atoms with Gasteiger partial charge >= 0.3 is 0 Å². The van der Waals surface area contributed by atoms with E-state index < -0.39 is 6.17 Å². The van der Waals surface area contributed by atoms with Crippen molar-refractivity contribution >= 4 is 0 Å². The first-order chi connectivity index (χ1) is 3.81. The maximum absolute atomic E-state index is 12.3. The summed E-state index contributed by atoms with van der Waals surface area (Å²) in [5, 5.41) is 0. The summed E-state index contributed by atoms with van der Waals surface area (Å²) in [6, 6.07) is 0. The van der Waals surface area contributed by atoms with E-state index in [-0.39, 0.29) is 0 Å². The summed E-state index contributed by atoms with van der Waals surface area (Å²) in [5.41, 5.74) is 0. The van der Waals surface area contributed by atoms with Gasteiger partial charge in [-0.25, -0.2) is 4.39 Å². The molecule has 0 aliphatic rings. The highest BCUT2D eigenvalue weighted by atomic mass is 19.1. The lowest BCUT2D eigenvalue weighted by molar-refractivity contribution is 0.299. The molecule has 0 aliphatic carbocycles. The molecule has 8 heavy (non-hydrogen) atoms. The number of halogens is 1. The van der Waals surface area contributed by atoms with Crippen molar-refractivity contribution in [1.29, 1.82) is 0 Å². The van der Waals surface area contributed by atoms with E-state index in [0.29, 0.717) is 6.42 Å². The van der Waals surface area contributed by atoms with Crippen LogP contribution in [0.1, 0.15) is 39.5 Å². The number of rotatable bonds is 4. The Morgan fingerprint density at radius 1 is 1.38 bits per heavy atom. The Bertz CT molecular complexity index is 43.7. The maximum Gasteiger partial charge on any atom is 0.0999 e. The fourth-order valence-corrected chi connectivity index (χ4v) is 0.630. The smallest absolute Gasteiger partial charge is 0.0999 e. The van der Waals surface area contributed by atoms with Crippen molar-refractivity contribution in [2.24, 2.45) is 0 Å². The Morgan fingerprint density at radius 2 is 2.00 bits per heavy atom. The second-order valence-electron chi connectivity index (χ2n) is 2.15. The molecule has 0 spiro atoms. The third kappa shape index (κ3) is 4.10. The molecule has 1 atom stereocenters. The van der Waals surface area contributed by atoms with Crippen LogP contribution in [-0.4, -0.2) is 6.17 Å². The van der Waals surface area contributed by atoms with E-state index in [1.54, 1.807) is 0 Å². The first kappa shape index (κ1) is 7.93. The summed E-state index contributed by atoms with van der Waals surface area (Å²) >= 11 is 0. The van der Waals surface area contributed by atoms with Crippen LogP contribution in [0, 0.1) is 0 Å². The molecule has 0 nitrogen and oxygen atoms in total. The fourth-order valence-electron chi connectivity index (χ4n) is 0.630. The van der Waals surface area contributed by atoms with Crippen LogP contribution in [-0.2, 0) is 0 Å². The molecular weight excluding hydrogens is 103 g/mol. The Morgan fingerprint density at radius 3 is 2.38 bits per heavy atom. The molecule has 0 aliphatic heterocycles. The zero-order chi connectivity index (χ0) is 6.41. The van der Waals surface area contributed by atoms with Gasteiger partial charge in [0.05, 0.1) is 6.17 Å². The molecule has 50 valence electrons. The number of unbranched alkanes of at least 4 members (excludes halogenated alkanes) is 1. The van der Waals surface area contributed by atoms with Crippen molar-refractivity contribution in [3.63, 3.8) is 0 Å². The van der Waals surface area contributed by atoms with Gasteiger partial charge in [-0.15, -0.1) is 0 Å². The number of hydrogen-bond acceptors (Lipinski definition) is 0. The van der Waals surface area contributed by atoms with Crippen LogP contribution in [0.2, 0.25) is 0 Å². The van der Waals surface area contributed by atoms with Gasteiger partial charge in [-0.2, -0.15) is 0 Å². The van der Waals surface area contributed by atoms with E-state index >= 15 is 0 Å². The molecule has 0 saturated heterocycles. The number of hydrogen-bond donors (Lipinski definition) is 0. The molecule has 1 unspecified atom stereocenters. The third-order valence-corrected chi connectivity index (χ3v) is 1.31. The van der Waals surface area contributed by atoms with Crippen molar-refractivity contribution in [3.8, 4) is 0 Å². The zero-order valence-corrected chi connectivity index (χ0v) is 5.78. The van der Waals surface area contributed by atoms with E-state index in [1.165, 1.54) is 0 Å². The van der Waals surface area contributed by atoms with E-state index in [1.807, 2.05) is 6.92 Å². The quantitative estimate of drug-likeness (QED) is 0.532. The molecule has 0 saturated carbocycles. The molecule has 0 amide bonds. The summed E-state index contributed by atoms with van der Waals surface area (Å²) < 4.78 is 12.3. The van der Waals surface area contributed by atoms with Gasteiger partial charge in [-0.3, -0.25) is 0 Å². The standard InChI is InChI=1S/C7H15F/c1-3-5-6-7(8)4-2/h7H,3-6H2,1-2H3. The maximum atomic E-state index is 12.3. The van der Waals surface area contributed by atoms with Crippen molar-refractivity contribution in [2.75, 3.05) is 0 Å². The van der Waals surface area contributed by atoms with E-state index in [2.05, 4.69) is 6.92 Å². The van der Waals surface area contributed by atoms with Gasteiger partial charge in [0, 0.05) is 0 Å². The van der Waals surface area contributed by atoms with Crippen LogP contribution in [0.4, 0.5) is 4.39 Å². The Labute approximate surface area is 51.1 Å². The first-order valence-electron chi connectivity index (χ1n) is 3.45. The molecule has 0 heterocycles. The average Bonchev–Trinajstić information content (AvgIpc) is 1.83. The van der Waals surface area contributed by atoms with Gasteiger partial charge in [0.2, 0.25) is 0 Å².